The van der Waals surface area contributed by atoms with Crippen LogP contribution >= 0.6 is 0 Å². The molecule has 3 aromatic rings. The zero-order valence-electron chi connectivity index (χ0n) is 25.5. The number of piperidine rings is 1. The average Bonchev–Trinajstić information content (AvgIpc) is 2.98. The van der Waals surface area contributed by atoms with Gasteiger partial charge in [-0.3, -0.25) is 0 Å². The second-order valence-corrected chi connectivity index (χ2v) is 12.1. The lowest BCUT2D eigenvalue weighted by Gasteiger charge is -2.38. The van der Waals surface area contributed by atoms with Crippen LogP contribution in [0, 0.1) is 0 Å². The standard InChI is InChI=1S/C35H47N3O3/c1-35(2,3)41-34(39)36(4)24-23-32(29-16-10-7-11-17-29)40-33-19-13-12-18-31(33)37(5)30-21-26-38(27-22-30)25-20-28-14-8-6-9-15-28/h6-19,30,32H,20-27H2,1-5H3. The van der Waals surface area contributed by atoms with Crippen molar-refractivity contribution in [1.29, 1.82) is 0 Å². The molecule has 4 rings (SSSR count). The molecule has 0 bridgehead atoms. The lowest BCUT2D eigenvalue weighted by molar-refractivity contribution is 0.0278. The van der Waals surface area contributed by atoms with Gasteiger partial charge in [-0.1, -0.05) is 72.8 Å². The van der Waals surface area contributed by atoms with E-state index in [0.717, 1.165) is 55.9 Å². The van der Waals surface area contributed by atoms with Crippen LogP contribution in [0.15, 0.2) is 84.9 Å². The fourth-order valence-corrected chi connectivity index (χ4v) is 5.36. The summed E-state index contributed by atoms with van der Waals surface area (Å²) in [6, 6.07) is 29.8. The number of rotatable bonds is 11. The van der Waals surface area contributed by atoms with Gasteiger partial charge in [0.25, 0.3) is 0 Å². The molecule has 1 fully saturated rings. The lowest BCUT2D eigenvalue weighted by Crippen LogP contribution is -2.44. The first-order valence-electron chi connectivity index (χ1n) is 14.9. The van der Waals surface area contributed by atoms with Crippen LogP contribution in [0.2, 0.25) is 0 Å². The second kappa shape index (κ2) is 14.4. The summed E-state index contributed by atoms with van der Waals surface area (Å²) in [5, 5.41) is 0. The van der Waals surface area contributed by atoms with Gasteiger partial charge >= 0.3 is 6.09 Å². The molecule has 1 unspecified atom stereocenters. The first-order chi connectivity index (χ1) is 19.7. The van der Waals surface area contributed by atoms with E-state index in [2.05, 4.69) is 77.5 Å². The van der Waals surface area contributed by atoms with Crippen molar-refractivity contribution in [2.24, 2.45) is 0 Å². The highest BCUT2D eigenvalue weighted by molar-refractivity contribution is 5.67. The van der Waals surface area contributed by atoms with Crippen LogP contribution in [0.5, 0.6) is 5.75 Å². The maximum absolute atomic E-state index is 12.6. The first-order valence-corrected chi connectivity index (χ1v) is 14.9. The minimum Gasteiger partial charge on any atom is -0.483 e. The molecule has 1 atom stereocenters. The predicted octanol–water partition coefficient (Wildman–Crippen LogP) is 7.21. The Bertz CT molecular complexity index is 1200. The van der Waals surface area contributed by atoms with Crippen molar-refractivity contribution in [2.45, 2.75) is 64.2 Å². The predicted molar refractivity (Wildman–Crippen MR) is 168 cm³/mol. The number of anilines is 1. The molecule has 1 aliphatic rings. The molecule has 220 valence electrons. The molecule has 0 aliphatic carbocycles. The third-order valence-corrected chi connectivity index (χ3v) is 7.78. The van der Waals surface area contributed by atoms with Gasteiger partial charge in [-0.2, -0.15) is 0 Å². The monoisotopic (exact) mass is 557 g/mol. The Morgan fingerprint density at radius 3 is 2.17 bits per heavy atom. The van der Waals surface area contributed by atoms with Crippen LogP contribution < -0.4 is 9.64 Å². The maximum Gasteiger partial charge on any atom is 0.410 e. The lowest BCUT2D eigenvalue weighted by atomic mass is 10.0. The number of carbonyl (C=O) groups is 1. The highest BCUT2D eigenvalue weighted by Crippen LogP contribution is 2.35. The van der Waals surface area contributed by atoms with Gasteiger partial charge in [-0.25, -0.2) is 4.79 Å². The summed E-state index contributed by atoms with van der Waals surface area (Å²) in [5.74, 6) is 0.871. The largest absolute Gasteiger partial charge is 0.483 e. The normalized spacial score (nSPS) is 15.2. The van der Waals surface area contributed by atoms with E-state index in [9.17, 15) is 4.79 Å². The van der Waals surface area contributed by atoms with Crippen molar-refractivity contribution in [3.05, 3.63) is 96.1 Å². The van der Waals surface area contributed by atoms with E-state index in [1.54, 1.807) is 11.9 Å². The van der Waals surface area contributed by atoms with Crippen molar-refractivity contribution in [1.82, 2.24) is 9.80 Å². The molecule has 6 nitrogen and oxygen atoms in total. The Kier molecular flexibility index (Phi) is 10.7. The van der Waals surface area contributed by atoms with E-state index in [4.69, 9.17) is 9.47 Å². The van der Waals surface area contributed by atoms with E-state index >= 15 is 0 Å². The van der Waals surface area contributed by atoms with Gasteiger partial charge in [0.05, 0.1) is 5.69 Å². The minimum absolute atomic E-state index is 0.199. The molecule has 1 heterocycles. The average molecular weight is 558 g/mol. The van der Waals surface area contributed by atoms with Crippen molar-refractivity contribution in [3.8, 4) is 5.75 Å². The number of benzene rings is 3. The second-order valence-electron chi connectivity index (χ2n) is 12.1. The minimum atomic E-state index is -0.526. The van der Waals surface area contributed by atoms with Gasteiger partial charge < -0.3 is 24.2 Å². The summed E-state index contributed by atoms with van der Waals surface area (Å²) in [6.45, 7) is 9.50. The van der Waals surface area contributed by atoms with E-state index in [1.807, 2.05) is 45.0 Å². The van der Waals surface area contributed by atoms with Gasteiger partial charge in [0.2, 0.25) is 0 Å². The molecule has 6 heteroatoms. The highest BCUT2D eigenvalue weighted by atomic mass is 16.6. The molecule has 0 saturated carbocycles. The van der Waals surface area contributed by atoms with E-state index in [0.29, 0.717) is 19.0 Å². The van der Waals surface area contributed by atoms with Crippen LogP contribution in [0.25, 0.3) is 0 Å². The van der Waals surface area contributed by atoms with Crippen molar-refractivity contribution in [3.63, 3.8) is 0 Å². The molecule has 1 amide bonds. The van der Waals surface area contributed by atoms with Crippen LogP contribution in [-0.4, -0.2) is 67.8 Å². The zero-order chi connectivity index (χ0) is 29.2. The van der Waals surface area contributed by atoms with Crippen molar-refractivity contribution >= 4 is 11.8 Å². The molecular weight excluding hydrogens is 510 g/mol. The summed E-state index contributed by atoms with van der Waals surface area (Å²) in [4.78, 5) is 19.2. The Morgan fingerprint density at radius 1 is 0.902 bits per heavy atom. The summed E-state index contributed by atoms with van der Waals surface area (Å²) < 4.78 is 12.3. The molecular formula is C35H47N3O3. The Hall–Kier alpha value is -3.51. The highest BCUT2D eigenvalue weighted by Gasteiger charge is 2.26. The van der Waals surface area contributed by atoms with Crippen LogP contribution in [0.4, 0.5) is 10.5 Å². The smallest absolute Gasteiger partial charge is 0.410 e. The van der Waals surface area contributed by atoms with Crippen LogP contribution in [0.1, 0.15) is 57.3 Å². The third kappa shape index (κ3) is 9.25. The quantitative estimate of drug-likeness (QED) is 0.249. The molecule has 41 heavy (non-hydrogen) atoms. The molecule has 0 N–H and O–H groups in total. The third-order valence-electron chi connectivity index (χ3n) is 7.78. The van der Waals surface area contributed by atoms with Gasteiger partial charge in [0, 0.05) is 52.7 Å². The molecule has 3 aromatic carbocycles. The van der Waals surface area contributed by atoms with Crippen LogP contribution in [-0.2, 0) is 11.2 Å². The Labute approximate surface area is 246 Å². The number of hydrogen-bond acceptors (Lipinski definition) is 5. The summed E-state index contributed by atoms with van der Waals surface area (Å²) in [7, 11) is 3.98. The van der Waals surface area contributed by atoms with E-state index in [1.165, 1.54) is 5.56 Å². The topological polar surface area (TPSA) is 45.2 Å². The summed E-state index contributed by atoms with van der Waals surface area (Å²) in [5.41, 5.74) is 3.08. The molecule has 0 radical (unpaired) electrons. The van der Waals surface area contributed by atoms with Gasteiger partial charge in [0.1, 0.15) is 17.5 Å². The zero-order valence-corrected chi connectivity index (χ0v) is 25.5. The molecule has 1 aliphatic heterocycles. The number of carbonyl (C=O) groups excluding carboxylic acids is 1. The maximum atomic E-state index is 12.6. The van der Waals surface area contributed by atoms with Crippen molar-refractivity contribution in [2.75, 3.05) is 45.2 Å². The number of nitrogens with zero attached hydrogens (tertiary/aromatic N) is 3. The van der Waals surface area contributed by atoms with Gasteiger partial charge in [0.15, 0.2) is 0 Å². The fraction of sp³-hybridized carbons (Fsp3) is 0.457. The first kappa shape index (κ1) is 30.4. The van der Waals surface area contributed by atoms with Crippen LogP contribution in [0.3, 0.4) is 0 Å². The number of hydrogen-bond donors (Lipinski definition) is 0. The Balaban J connectivity index is 1.39. The summed E-state index contributed by atoms with van der Waals surface area (Å²) in [6.07, 6.45) is 3.49. The van der Waals surface area contributed by atoms with E-state index < -0.39 is 5.60 Å². The number of ether oxygens (including phenoxy) is 2. The number of para-hydroxylation sites is 2. The summed E-state index contributed by atoms with van der Waals surface area (Å²) >= 11 is 0. The molecule has 1 saturated heterocycles. The van der Waals surface area contributed by atoms with E-state index in [-0.39, 0.29) is 12.2 Å². The number of likely N-dealkylation sites (tertiary alicyclic amines) is 1. The molecule has 0 aromatic heterocycles. The number of amides is 1. The van der Waals surface area contributed by atoms with Gasteiger partial charge in [-0.15, -0.1) is 0 Å². The van der Waals surface area contributed by atoms with Gasteiger partial charge in [-0.05, 0) is 63.3 Å². The van der Waals surface area contributed by atoms with Crippen molar-refractivity contribution < 1.29 is 14.3 Å². The molecule has 0 spiro atoms. The SMILES string of the molecule is CN(CCC(Oc1ccccc1N(C)C1CCN(CCc2ccccc2)CC1)c1ccccc1)C(=O)OC(C)(C)C. The Morgan fingerprint density at radius 2 is 1.51 bits per heavy atom. The fourth-order valence-electron chi connectivity index (χ4n) is 5.36.